The second kappa shape index (κ2) is 5.66. The van der Waals surface area contributed by atoms with Crippen molar-refractivity contribution >= 4 is 16.9 Å². The van der Waals surface area contributed by atoms with E-state index in [1.807, 2.05) is 6.07 Å². The van der Waals surface area contributed by atoms with Gasteiger partial charge in [0.05, 0.1) is 11.4 Å². The number of aromatic nitrogens is 3. The molecule has 0 N–H and O–H groups in total. The number of carbonyl (C=O) groups is 1. The van der Waals surface area contributed by atoms with Crippen LogP contribution in [-0.4, -0.2) is 44.6 Å². The Kier molecular flexibility index (Phi) is 3.57. The molecule has 7 heteroatoms. The van der Waals surface area contributed by atoms with Gasteiger partial charge in [-0.15, -0.1) is 0 Å². The molecule has 128 valence electrons. The number of fused-ring (bicyclic) bond motifs is 1. The minimum atomic E-state index is -2.57. The van der Waals surface area contributed by atoms with Gasteiger partial charge in [-0.25, -0.2) is 18.4 Å². The Hall–Kier alpha value is -2.75. The smallest absolute Gasteiger partial charge is 0.250 e. The molecular weight excluding hydrogens is 326 g/mol. The Labute approximate surface area is 143 Å². The fourth-order valence-corrected chi connectivity index (χ4v) is 3.17. The fraction of sp³-hybridized carbons (Fsp3) is 0.389. The number of rotatable bonds is 2. The van der Waals surface area contributed by atoms with Gasteiger partial charge >= 0.3 is 0 Å². The van der Waals surface area contributed by atoms with Gasteiger partial charge in [-0.05, 0) is 24.1 Å². The van der Waals surface area contributed by atoms with Crippen LogP contribution < -0.4 is 0 Å². The van der Waals surface area contributed by atoms with Gasteiger partial charge in [-0.1, -0.05) is 12.5 Å². The Bertz CT molecular complexity index is 910. The van der Waals surface area contributed by atoms with Crippen LogP contribution in [-0.2, 0) is 4.79 Å². The maximum atomic E-state index is 12.9. The first-order valence-electron chi connectivity index (χ1n) is 8.11. The average Bonchev–Trinajstić information content (AvgIpc) is 2.88. The van der Waals surface area contributed by atoms with Crippen LogP contribution in [0, 0.1) is 17.8 Å². The first kappa shape index (κ1) is 15.8. The highest BCUT2D eigenvalue weighted by molar-refractivity contribution is 5.88. The highest BCUT2D eigenvalue weighted by Crippen LogP contribution is 2.41. The number of carbonyl (C=O) groups excluding carboxylic acids is 1. The first-order chi connectivity index (χ1) is 12.0. The molecule has 1 saturated carbocycles. The van der Waals surface area contributed by atoms with E-state index in [1.54, 1.807) is 21.8 Å². The van der Waals surface area contributed by atoms with Gasteiger partial charge in [-0.2, -0.15) is 5.10 Å². The standard InChI is InChI=1S/C18H16F2N4O/c1-2-16(25)23-10-13(11-23)24-17-14(4-3-7-21-17)15(22-24)6-5-12-8-18(19,20)9-12/h2-4,7,12-13H,1,8-11H2. The second-order valence-electron chi connectivity index (χ2n) is 6.50. The topological polar surface area (TPSA) is 51.0 Å². The summed E-state index contributed by atoms with van der Waals surface area (Å²) in [5.74, 6) is 2.88. The zero-order chi connectivity index (χ0) is 17.6. The highest BCUT2D eigenvalue weighted by atomic mass is 19.3. The molecule has 2 aromatic heterocycles. The quantitative estimate of drug-likeness (QED) is 0.622. The van der Waals surface area contributed by atoms with E-state index in [2.05, 4.69) is 28.5 Å². The Morgan fingerprint density at radius 3 is 2.84 bits per heavy atom. The summed E-state index contributed by atoms with van der Waals surface area (Å²) in [5.41, 5.74) is 1.24. The van der Waals surface area contributed by atoms with Crippen LogP contribution in [0.5, 0.6) is 0 Å². The van der Waals surface area contributed by atoms with E-state index in [1.165, 1.54) is 6.08 Å². The number of likely N-dealkylation sites (tertiary alicyclic amines) is 1. The van der Waals surface area contributed by atoms with E-state index in [0.29, 0.717) is 24.4 Å². The maximum Gasteiger partial charge on any atom is 0.250 e. The van der Waals surface area contributed by atoms with E-state index in [-0.39, 0.29) is 30.7 Å². The highest BCUT2D eigenvalue weighted by Gasteiger charge is 2.44. The number of nitrogens with zero attached hydrogens (tertiary/aromatic N) is 4. The molecular formula is C18H16F2N4O. The molecule has 0 unspecified atom stereocenters. The Morgan fingerprint density at radius 2 is 2.16 bits per heavy atom. The van der Waals surface area contributed by atoms with Crippen molar-refractivity contribution in [2.24, 2.45) is 5.92 Å². The minimum absolute atomic E-state index is 0.0323. The summed E-state index contributed by atoms with van der Waals surface area (Å²) in [4.78, 5) is 17.6. The van der Waals surface area contributed by atoms with Crippen LogP contribution in [0.25, 0.3) is 11.0 Å². The van der Waals surface area contributed by atoms with E-state index in [0.717, 1.165) is 5.39 Å². The van der Waals surface area contributed by atoms with Crippen molar-refractivity contribution in [1.29, 1.82) is 0 Å². The molecule has 2 aromatic rings. The third-order valence-corrected chi connectivity index (χ3v) is 4.65. The van der Waals surface area contributed by atoms with Crippen LogP contribution in [0.4, 0.5) is 8.78 Å². The van der Waals surface area contributed by atoms with Gasteiger partial charge in [0.1, 0.15) is 5.69 Å². The van der Waals surface area contributed by atoms with Crippen LogP contribution in [0.3, 0.4) is 0 Å². The molecule has 1 aliphatic heterocycles. The molecule has 1 saturated heterocycles. The third-order valence-electron chi connectivity index (χ3n) is 4.65. The summed E-state index contributed by atoms with van der Waals surface area (Å²) < 4.78 is 27.6. The monoisotopic (exact) mass is 342 g/mol. The maximum absolute atomic E-state index is 12.9. The Balaban J connectivity index is 1.59. The van der Waals surface area contributed by atoms with Crippen molar-refractivity contribution in [3.8, 4) is 11.8 Å². The Morgan fingerprint density at radius 1 is 1.40 bits per heavy atom. The number of hydrogen-bond acceptors (Lipinski definition) is 3. The molecule has 0 spiro atoms. The van der Waals surface area contributed by atoms with Gasteiger partial charge in [0.15, 0.2) is 5.65 Å². The lowest BCUT2D eigenvalue weighted by atomic mass is 9.82. The van der Waals surface area contributed by atoms with Gasteiger partial charge in [0.25, 0.3) is 5.92 Å². The molecule has 1 aliphatic carbocycles. The largest absolute Gasteiger partial charge is 0.335 e. The molecule has 0 bridgehead atoms. The number of amides is 1. The fourth-order valence-electron chi connectivity index (χ4n) is 3.17. The molecule has 3 heterocycles. The van der Waals surface area contributed by atoms with Crippen molar-refractivity contribution in [2.75, 3.05) is 13.1 Å². The van der Waals surface area contributed by atoms with E-state index in [4.69, 9.17) is 0 Å². The molecule has 2 fully saturated rings. The summed E-state index contributed by atoms with van der Waals surface area (Å²) >= 11 is 0. The van der Waals surface area contributed by atoms with Crippen molar-refractivity contribution in [1.82, 2.24) is 19.7 Å². The predicted octanol–water partition coefficient (Wildman–Crippen LogP) is 2.40. The van der Waals surface area contributed by atoms with Crippen LogP contribution in [0.15, 0.2) is 31.0 Å². The van der Waals surface area contributed by atoms with Crippen molar-refractivity contribution < 1.29 is 13.6 Å². The lowest BCUT2D eigenvalue weighted by Gasteiger charge is -2.38. The van der Waals surface area contributed by atoms with Crippen LogP contribution in [0.2, 0.25) is 0 Å². The minimum Gasteiger partial charge on any atom is -0.335 e. The zero-order valence-electron chi connectivity index (χ0n) is 13.5. The summed E-state index contributed by atoms with van der Waals surface area (Å²) in [7, 11) is 0. The van der Waals surface area contributed by atoms with Crippen molar-refractivity contribution in [3.05, 3.63) is 36.7 Å². The molecule has 4 rings (SSSR count). The molecule has 5 nitrogen and oxygen atoms in total. The lowest BCUT2D eigenvalue weighted by Crippen LogP contribution is -2.50. The lowest BCUT2D eigenvalue weighted by molar-refractivity contribution is -0.131. The summed E-state index contributed by atoms with van der Waals surface area (Å²) in [6.45, 7) is 4.57. The molecule has 2 aliphatic rings. The molecule has 25 heavy (non-hydrogen) atoms. The van der Waals surface area contributed by atoms with E-state index >= 15 is 0 Å². The number of halogens is 2. The zero-order valence-corrected chi connectivity index (χ0v) is 13.5. The average molecular weight is 342 g/mol. The molecule has 1 amide bonds. The predicted molar refractivity (Wildman–Crippen MR) is 87.9 cm³/mol. The summed E-state index contributed by atoms with van der Waals surface area (Å²) in [6, 6.07) is 3.70. The second-order valence-corrected chi connectivity index (χ2v) is 6.50. The van der Waals surface area contributed by atoms with Crippen molar-refractivity contribution in [2.45, 2.75) is 24.8 Å². The van der Waals surface area contributed by atoms with E-state index < -0.39 is 5.92 Å². The van der Waals surface area contributed by atoms with Crippen molar-refractivity contribution in [3.63, 3.8) is 0 Å². The van der Waals surface area contributed by atoms with Gasteiger partial charge in [0.2, 0.25) is 5.91 Å². The number of pyridine rings is 1. The third kappa shape index (κ3) is 2.78. The van der Waals surface area contributed by atoms with Crippen LogP contribution in [0.1, 0.15) is 24.6 Å². The molecule has 0 radical (unpaired) electrons. The number of alkyl halides is 2. The molecule has 0 atom stereocenters. The first-order valence-corrected chi connectivity index (χ1v) is 8.11. The van der Waals surface area contributed by atoms with Gasteiger partial charge in [-0.3, -0.25) is 4.79 Å². The molecule has 0 aromatic carbocycles. The van der Waals surface area contributed by atoms with Gasteiger partial charge in [0, 0.05) is 38.0 Å². The summed E-state index contributed by atoms with van der Waals surface area (Å²) in [6.07, 6.45) is 2.60. The number of hydrogen-bond donors (Lipinski definition) is 0. The summed E-state index contributed by atoms with van der Waals surface area (Å²) in [5, 5.41) is 5.33. The normalized spacial score (nSPS) is 19.7. The van der Waals surface area contributed by atoms with E-state index in [9.17, 15) is 13.6 Å². The van der Waals surface area contributed by atoms with Gasteiger partial charge < -0.3 is 4.90 Å². The van der Waals surface area contributed by atoms with Crippen LogP contribution >= 0.6 is 0 Å². The SMILES string of the molecule is C=CC(=O)N1CC(n2nc(C#CC3CC(F)(F)C3)c3cccnc32)C1.